The van der Waals surface area contributed by atoms with Crippen molar-refractivity contribution < 1.29 is 4.79 Å². The highest BCUT2D eigenvalue weighted by Gasteiger charge is 2.37. The molecule has 2 saturated carbocycles. The summed E-state index contributed by atoms with van der Waals surface area (Å²) in [6, 6.07) is 0.529. The maximum absolute atomic E-state index is 12.8. The Morgan fingerprint density at radius 2 is 1.63 bits per heavy atom. The van der Waals surface area contributed by atoms with Crippen molar-refractivity contribution in [3.8, 4) is 0 Å². The van der Waals surface area contributed by atoms with Gasteiger partial charge in [-0.3, -0.25) is 4.79 Å². The van der Waals surface area contributed by atoms with E-state index in [-0.39, 0.29) is 12.0 Å². The van der Waals surface area contributed by atoms with Crippen LogP contribution in [-0.4, -0.2) is 29.9 Å². The summed E-state index contributed by atoms with van der Waals surface area (Å²) in [5, 5.41) is 0. The molecule has 2 fully saturated rings. The second-order valence-corrected chi connectivity index (χ2v) is 6.69. The lowest BCUT2D eigenvalue weighted by Crippen LogP contribution is -2.50. The molecule has 1 amide bonds. The lowest BCUT2D eigenvalue weighted by molar-refractivity contribution is -0.140. The summed E-state index contributed by atoms with van der Waals surface area (Å²) in [4.78, 5) is 14.8. The van der Waals surface area contributed by atoms with Crippen molar-refractivity contribution in [3.63, 3.8) is 0 Å². The molecule has 0 aliphatic heterocycles. The topological polar surface area (TPSA) is 46.3 Å². The van der Waals surface area contributed by atoms with Crippen molar-refractivity contribution >= 4 is 5.91 Å². The molecule has 0 aromatic carbocycles. The first-order chi connectivity index (χ1) is 9.11. The molecule has 3 unspecified atom stereocenters. The Labute approximate surface area is 117 Å². The highest BCUT2D eigenvalue weighted by atomic mass is 16.2. The standard InChI is InChI=1S/C16H30N2O/c1-12-8-7-11-14(17)15(12)16(19)18(2)13-9-5-3-4-6-10-13/h12-15H,3-11,17H2,1-2H3. The van der Waals surface area contributed by atoms with E-state index in [2.05, 4.69) is 6.92 Å². The molecule has 2 aliphatic rings. The smallest absolute Gasteiger partial charge is 0.227 e. The Bertz CT molecular complexity index is 287. The van der Waals surface area contributed by atoms with Gasteiger partial charge < -0.3 is 10.6 Å². The molecule has 0 radical (unpaired) electrons. The Balaban J connectivity index is 2.00. The first-order valence-electron chi connectivity index (χ1n) is 8.13. The Hall–Kier alpha value is -0.570. The third kappa shape index (κ3) is 3.50. The van der Waals surface area contributed by atoms with Crippen LogP contribution in [0.25, 0.3) is 0 Å². The minimum absolute atomic E-state index is 0.0574. The van der Waals surface area contributed by atoms with Crippen LogP contribution in [0.4, 0.5) is 0 Å². The molecular weight excluding hydrogens is 236 g/mol. The predicted molar refractivity (Wildman–Crippen MR) is 78.7 cm³/mol. The van der Waals surface area contributed by atoms with E-state index >= 15 is 0 Å². The van der Waals surface area contributed by atoms with Gasteiger partial charge in [-0.1, -0.05) is 39.0 Å². The Kier molecular flexibility index (Phi) is 5.26. The lowest BCUT2D eigenvalue weighted by Gasteiger charge is -2.38. The Morgan fingerprint density at radius 3 is 2.21 bits per heavy atom. The molecule has 0 bridgehead atoms. The average molecular weight is 266 g/mol. The summed E-state index contributed by atoms with van der Waals surface area (Å²) in [5.74, 6) is 0.818. The van der Waals surface area contributed by atoms with Crippen LogP contribution in [0.5, 0.6) is 0 Å². The van der Waals surface area contributed by atoms with E-state index in [0.717, 1.165) is 12.8 Å². The molecule has 19 heavy (non-hydrogen) atoms. The van der Waals surface area contributed by atoms with Gasteiger partial charge in [-0.2, -0.15) is 0 Å². The minimum atomic E-state index is 0.0574. The number of carbonyl (C=O) groups excluding carboxylic acids is 1. The Morgan fingerprint density at radius 1 is 1.00 bits per heavy atom. The van der Waals surface area contributed by atoms with Crippen LogP contribution >= 0.6 is 0 Å². The zero-order valence-corrected chi connectivity index (χ0v) is 12.6. The molecular formula is C16H30N2O. The molecule has 3 heteroatoms. The van der Waals surface area contributed by atoms with E-state index < -0.39 is 0 Å². The molecule has 3 nitrogen and oxygen atoms in total. The SMILES string of the molecule is CC1CCCC(N)C1C(=O)N(C)C1CCCCCC1. The van der Waals surface area contributed by atoms with Gasteiger partial charge in [0.15, 0.2) is 0 Å². The number of carbonyl (C=O) groups is 1. The van der Waals surface area contributed by atoms with Crippen molar-refractivity contribution in [2.24, 2.45) is 17.6 Å². The van der Waals surface area contributed by atoms with Crippen LogP contribution in [-0.2, 0) is 4.79 Å². The summed E-state index contributed by atoms with van der Waals surface area (Å²) in [5.41, 5.74) is 6.22. The number of nitrogens with zero attached hydrogens (tertiary/aromatic N) is 1. The fourth-order valence-electron chi connectivity index (χ4n) is 3.94. The van der Waals surface area contributed by atoms with Gasteiger partial charge in [0.1, 0.15) is 0 Å². The van der Waals surface area contributed by atoms with Gasteiger partial charge >= 0.3 is 0 Å². The van der Waals surface area contributed by atoms with E-state index in [1.165, 1.54) is 44.9 Å². The molecule has 2 N–H and O–H groups in total. The summed E-state index contributed by atoms with van der Waals surface area (Å²) >= 11 is 0. The minimum Gasteiger partial charge on any atom is -0.342 e. The van der Waals surface area contributed by atoms with Crippen LogP contribution in [0.15, 0.2) is 0 Å². The first kappa shape index (κ1) is 14.8. The summed E-state index contributed by atoms with van der Waals surface area (Å²) in [6.07, 6.45) is 10.9. The highest BCUT2D eigenvalue weighted by Crippen LogP contribution is 2.32. The van der Waals surface area contributed by atoms with Crippen LogP contribution in [0, 0.1) is 11.8 Å². The van der Waals surface area contributed by atoms with E-state index in [4.69, 9.17) is 5.73 Å². The number of nitrogens with two attached hydrogens (primary N) is 1. The molecule has 0 aromatic rings. The zero-order valence-electron chi connectivity index (χ0n) is 12.6. The van der Waals surface area contributed by atoms with Crippen LogP contribution < -0.4 is 5.73 Å². The van der Waals surface area contributed by atoms with E-state index in [0.29, 0.717) is 17.9 Å². The third-order valence-electron chi connectivity index (χ3n) is 5.28. The number of amides is 1. The van der Waals surface area contributed by atoms with Gasteiger partial charge in [0.25, 0.3) is 0 Å². The number of hydrogen-bond acceptors (Lipinski definition) is 2. The maximum atomic E-state index is 12.8. The molecule has 0 aromatic heterocycles. The molecule has 3 atom stereocenters. The normalized spacial score (nSPS) is 33.7. The molecule has 2 aliphatic carbocycles. The van der Waals surface area contributed by atoms with Gasteiger partial charge in [-0.15, -0.1) is 0 Å². The summed E-state index contributed by atoms with van der Waals surface area (Å²) in [6.45, 7) is 2.20. The molecule has 0 spiro atoms. The number of rotatable bonds is 2. The monoisotopic (exact) mass is 266 g/mol. The van der Waals surface area contributed by atoms with E-state index in [1.54, 1.807) is 0 Å². The van der Waals surface area contributed by atoms with Crippen molar-refractivity contribution in [2.45, 2.75) is 76.8 Å². The quantitative estimate of drug-likeness (QED) is 0.781. The lowest BCUT2D eigenvalue weighted by atomic mass is 9.76. The van der Waals surface area contributed by atoms with Crippen molar-refractivity contribution in [3.05, 3.63) is 0 Å². The summed E-state index contributed by atoms with van der Waals surface area (Å²) < 4.78 is 0. The van der Waals surface area contributed by atoms with Gasteiger partial charge in [0, 0.05) is 19.1 Å². The van der Waals surface area contributed by atoms with E-state index in [9.17, 15) is 4.79 Å². The fraction of sp³-hybridized carbons (Fsp3) is 0.938. The first-order valence-corrected chi connectivity index (χ1v) is 8.13. The molecule has 110 valence electrons. The van der Waals surface area contributed by atoms with Crippen LogP contribution in [0.2, 0.25) is 0 Å². The number of hydrogen-bond donors (Lipinski definition) is 1. The van der Waals surface area contributed by atoms with Crippen molar-refractivity contribution in [1.82, 2.24) is 4.90 Å². The van der Waals surface area contributed by atoms with Gasteiger partial charge in [0.05, 0.1) is 5.92 Å². The van der Waals surface area contributed by atoms with Gasteiger partial charge in [-0.05, 0) is 31.6 Å². The van der Waals surface area contributed by atoms with Crippen LogP contribution in [0.3, 0.4) is 0 Å². The largest absolute Gasteiger partial charge is 0.342 e. The molecule has 0 saturated heterocycles. The second kappa shape index (κ2) is 6.74. The second-order valence-electron chi connectivity index (χ2n) is 6.69. The molecule has 0 heterocycles. The third-order valence-corrected chi connectivity index (χ3v) is 5.28. The van der Waals surface area contributed by atoms with Crippen LogP contribution in [0.1, 0.15) is 64.7 Å². The zero-order chi connectivity index (χ0) is 13.8. The average Bonchev–Trinajstić information content (AvgIpc) is 2.66. The maximum Gasteiger partial charge on any atom is 0.227 e. The summed E-state index contributed by atoms with van der Waals surface area (Å²) in [7, 11) is 2.01. The molecule has 2 rings (SSSR count). The van der Waals surface area contributed by atoms with E-state index in [1.807, 2.05) is 11.9 Å². The van der Waals surface area contributed by atoms with Crippen molar-refractivity contribution in [1.29, 1.82) is 0 Å². The van der Waals surface area contributed by atoms with Gasteiger partial charge in [-0.25, -0.2) is 0 Å². The highest BCUT2D eigenvalue weighted by molar-refractivity contribution is 5.80. The fourth-order valence-corrected chi connectivity index (χ4v) is 3.94. The van der Waals surface area contributed by atoms with Gasteiger partial charge in [0.2, 0.25) is 5.91 Å². The predicted octanol–water partition coefficient (Wildman–Crippen LogP) is 2.93. The van der Waals surface area contributed by atoms with Crippen molar-refractivity contribution in [2.75, 3.05) is 7.05 Å².